The van der Waals surface area contributed by atoms with Crippen molar-refractivity contribution < 1.29 is 19.8 Å². The Labute approximate surface area is 231 Å². The zero-order valence-electron chi connectivity index (χ0n) is 21.5. The van der Waals surface area contributed by atoms with Crippen LogP contribution < -0.4 is 0 Å². The minimum absolute atomic E-state index is 0.189. The van der Waals surface area contributed by atoms with E-state index < -0.39 is 23.8 Å². The minimum Gasteiger partial charge on any atom is -0.380 e. The summed E-state index contributed by atoms with van der Waals surface area (Å²) in [5.41, 5.74) is 3.27. The Morgan fingerprint density at radius 2 is 0.975 bits per heavy atom. The second-order valence-corrected chi connectivity index (χ2v) is 9.14. The monoisotopic (exact) mass is 526 g/mol. The predicted molar refractivity (Wildman–Crippen MR) is 154 cm³/mol. The maximum absolute atomic E-state index is 13.5. The molecule has 6 heteroatoms. The SMILES string of the molecule is O=C(c1ccccc1N=Nc1c(C(=O)C(O)c2ccccc2)cccc1-c1ccccc1)C(O)c1ccccc1. The van der Waals surface area contributed by atoms with Crippen LogP contribution in [0.5, 0.6) is 0 Å². The molecule has 5 aromatic carbocycles. The first-order chi connectivity index (χ1) is 19.5. The first kappa shape index (κ1) is 26.6. The van der Waals surface area contributed by atoms with Crippen molar-refractivity contribution in [3.05, 3.63) is 156 Å². The van der Waals surface area contributed by atoms with Gasteiger partial charge in [-0.25, -0.2) is 0 Å². The molecule has 0 bridgehead atoms. The van der Waals surface area contributed by atoms with Gasteiger partial charge in [-0.1, -0.05) is 115 Å². The van der Waals surface area contributed by atoms with Gasteiger partial charge in [-0.05, 0) is 34.9 Å². The van der Waals surface area contributed by atoms with Gasteiger partial charge in [0.2, 0.25) is 0 Å². The van der Waals surface area contributed by atoms with E-state index in [-0.39, 0.29) is 22.5 Å². The molecule has 0 amide bonds. The van der Waals surface area contributed by atoms with E-state index >= 15 is 0 Å². The van der Waals surface area contributed by atoms with Crippen LogP contribution in [0.1, 0.15) is 44.1 Å². The molecule has 2 N–H and O–H groups in total. The van der Waals surface area contributed by atoms with Gasteiger partial charge in [0.1, 0.15) is 17.9 Å². The Hall–Kier alpha value is -5.04. The van der Waals surface area contributed by atoms with Gasteiger partial charge < -0.3 is 10.2 Å². The molecule has 0 heterocycles. The molecular formula is C34H26N2O4. The van der Waals surface area contributed by atoms with Crippen LogP contribution in [0.25, 0.3) is 11.1 Å². The molecule has 6 nitrogen and oxygen atoms in total. The summed E-state index contributed by atoms with van der Waals surface area (Å²) < 4.78 is 0. The van der Waals surface area contributed by atoms with Crippen LogP contribution in [-0.4, -0.2) is 21.8 Å². The zero-order valence-corrected chi connectivity index (χ0v) is 21.5. The van der Waals surface area contributed by atoms with Gasteiger partial charge in [0.25, 0.3) is 0 Å². The molecule has 5 aromatic rings. The summed E-state index contributed by atoms with van der Waals surface area (Å²) in [4.78, 5) is 26.8. The van der Waals surface area contributed by atoms with E-state index in [0.717, 1.165) is 5.56 Å². The second-order valence-electron chi connectivity index (χ2n) is 9.14. The number of Topliss-reactive ketones (excluding diaryl/α,β-unsaturated/α-hetero) is 2. The second kappa shape index (κ2) is 12.2. The highest BCUT2D eigenvalue weighted by Crippen LogP contribution is 2.37. The lowest BCUT2D eigenvalue weighted by atomic mass is 9.94. The molecule has 0 fully saturated rings. The molecule has 0 aromatic heterocycles. The number of nitrogens with zero attached hydrogens (tertiary/aromatic N) is 2. The van der Waals surface area contributed by atoms with Crippen molar-refractivity contribution in [3.8, 4) is 11.1 Å². The van der Waals surface area contributed by atoms with Gasteiger partial charge in [0.15, 0.2) is 11.6 Å². The van der Waals surface area contributed by atoms with E-state index in [0.29, 0.717) is 16.7 Å². The third kappa shape index (κ3) is 5.68. The fourth-order valence-electron chi connectivity index (χ4n) is 4.44. The van der Waals surface area contributed by atoms with Crippen LogP contribution in [0.2, 0.25) is 0 Å². The normalized spacial score (nSPS) is 12.7. The van der Waals surface area contributed by atoms with E-state index in [4.69, 9.17) is 0 Å². The standard InChI is InChI=1S/C34H26N2O4/c37-31(24-15-6-2-7-16-24)33(39)27-19-10-11-22-29(27)35-36-30-26(23-13-4-1-5-14-23)20-12-21-28(30)34(40)32(38)25-17-8-3-9-18-25/h1-22,31-32,37-38H. The number of carbonyl (C=O) groups is 2. The predicted octanol–water partition coefficient (Wildman–Crippen LogP) is 7.60. The number of azo groups is 1. The van der Waals surface area contributed by atoms with Crippen molar-refractivity contribution in [2.75, 3.05) is 0 Å². The Morgan fingerprint density at radius 3 is 1.57 bits per heavy atom. The summed E-state index contributed by atoms with van der Waals surface area (Å²) in [7, 11) is 0. The molecule has 40 heavy (non-hydrogen) atoms. The number of carbonyl (C=O) groups excluding carboxylic acids is 2. The Balaban J connectivity index is 1.58. The highest BCUT2D eigenvalue weighted by atomic mass is 16.3. The molecule has 2 unspecified atom stereocenters. The zero-order chi connectivity index (χ0) is 27.9. The third-order valence-electron chi connectivity index (χ3n) is 6.54. The number of rotatable bonds is 9. The summed E-state index contributed by atoms with van der Waals surface area (Å²) in [6.45, 7) is 0. The Bertz CT molecular complexity index is 1650. The minimum atomic E-state index is -1.39. The van der Waals surface area contributed by atoms with E-state index in [1.807, 2.05) is 42.5 Å². The summed E-state index contributed by atoms with van der Waals surface area (Å²) in [6.07, 6.45) is -2.76. The van der Waals surface area contributed by atoms with Crippen LogP contribution >= 0.6 is 0 Å². The van der Waals surface area contributed by atoms with E-state index in [2.05, 4.69) is 10.2 Å². The van der Waals surface area contributed by atoms with Gasteiger partial charge >= 0.3 is 0 Å². The van der Waals surface area contributed by atoms with E-state index in [1.54, 1.807) is 91.0 Å². The molecule has 0 spiro atoms. The van der Waals surface area contributed by atoms with Crippen LogP contribution in [-0.2, 0) is 0 Å². The third-order valence-corrected chi connectivity index (χ3v) is 6.54. The number of aliphatic hydroxyl groups is 2. The van der Waals surface area contributed by atoms with Gasteiger partial charge in [0, 0.05) is 16.7 Å². The molecule has 0 aliphatic heterocycles. The van der Waals surface area contributed by atoms with Gasteiger partial charge in [-0.15, -0.1) is 10.2 Å². The largest absolute Gasteiger partial charge is 0.380 e. The molecule has 0 aliphatic rings. The average molecular weight is 527 g/mol. The average Bonchev–Trinajstić information content (AvgIpc) is 3.03. The maximum Gasteiger partial charge on any atom is 0.198 e. The molecule has 0 saturated carbocycles. The van der Waals surface area contributed by atoms with Gasteiger partial charge in [-0.2, -0.15) is 0 Å². The summed E-state index contributed by atoms with van der Waals surface area (Å²) in [6, 6.07) is 38.6. The highest BCUT2D eigenvalue weighted by molar-refractivity contribution is 6.06. The van der Waals surface area contributed by atoms with Gasteiger partial charge in [0.05, 0.1) is 5.69 Å². The number of ketones is 2. The Kier molecular flexibility index (Phi) is 8.11. The lowest BCUT2D eigenvalue weighted by Crippen LogP contribution is -2.13. The number of aliphatic hydroxyl groups excluding tert-OH is 2. The van der Waals surface area contributed by atoms with E-state index in [1.165, 1.54) is 0 Å². The van der Waals surface area contributed by atoms with Crippen LogP contribution in [0.4, 0.5) is 11.4 Å². The Morgan fingerprint density at radius 1 is 0.500 bits per heavy atom. The van der Waals surface area contributed by atoms with Crippen molar-refractivity contribution in [2.24, 2.45) is 10.2 Å². The summed E-state index contributed by atoms with van der Waals surface area (Å²) in [5.74, 6) is -1.05. The topological polar surface area (TPSA) is 99.3 Å². The summed E-state index contributed by atoms with van der Waals surface area (Å²) >= 11 is 0. The van der Waals surface area contributed by atoms with E-state index in [9.17, 15) is 19.8 Å². The van der Waals surface area contributed by atoms with Crippen molar-refractivity contribution >= 4 is 22.9 Å². The molecule has 2 atom stereocenters. The first-order valence-electron chi connectivity index (χ1n) is 12.8. The molecule has 196 valence electrons. The quantitative estimate of drug-likeness (QED) is 0.153. The number of hydrogen-bond donors (Lipinski definition) is 2. The summed E-state index contributed by atoms with van der Waals surface area (Å²) in [5, 5.41) is 30.5. The van der Waals surface area contributed by atoms with Crippen molar-refractivity contribution in [1.29, 1.82) is 0 Å². The van der Waals surface area contributed by atoms with Crippen LogP contribution in [0.3, 0.4) is 0 Å². The highest BCUT2D eigenvalue weighted by Gasteiger charge is 2.25. The number of benzene rings is 5. The smallest absolute Gasteiger partial charge is 0.198 e. The molecule has 5 rings (SSSR count). The van der Waals surface area contributed by atoms with Crippen molar-refractivity contribution in [3.63, 3.8) is 0 Å². The molecule has 0 aliphatic carbocycles. The molecular weight excluding hydrogens is 500 g/mol. The van der Waals surface area contributed by atoms with Gasteiger partial charge in [-0.3, -0.25) is 9.59 Å². The number of hydrogen-bond acceptors (Lipinski definition) is 6. The first-order valence-corrected chi connectivity index (χ1v) is 12.8. The fourth-order valence-corrected chi connectivity index (χ4v) is 4.44. The van der Waals surface area contributed by atoms with Crippen molar-refractivity contribution in [2.45, 2.75) is 12.2 Å². The lowest BCUT2D eigenvalue weighted by molar-refractivity contribution is 0.0744. The van der Waals surface area contributed by atoms with Crippen molar-refractivity contribution in [1.82, 2.24) is 0 Å². The lowest BCUT2D eigenvalue weighted by Gasteiger charge is -2.14. The fraction of sp³-hybridized carbons (Fsp3) is 0.0588. The van der Waals surface area contributed by atoms with Crippen LogP contribution in [0, 0.1) is 0 Å². The maximum atomic E-state index is 13.5. The molecule has 0 radical (unpaired) electrons. The molecule has 0 saturated heterocycles. The van der Waals surface area contributed by atoms with Crippen LogP contribution in [0.15, 0.2) is 144 Å².